The van der Waals surface area contributed by atoms with Crippen LogP contribution in [0.4, 0.5) is 14.5 Å². The highest BCUT2D eigenvalue weighted by Crippen LogP contribution is 2.29. The molecule has 28 heavy (non-hydrogen) atoms. The molecule has 1 aromatic heterocycles. The molecule has 0 spiro atoms. The van der Waals surface area contributed by atoms with Gasteiger partial charge >= 0.3 is 11.7 Å². The summed E-state index contributed by atoms with van der Waals surface area (Å²) in [5, 5.41) is 2.57. The predicted octanol–water partition coefficient (Wildman–Crippen LogP) is 3.35. The van der Waals surface area contributed by atoms with Gasteiger partial charge < -0.3 is 20.0 Å². The summed E-state index contributed by atoms with van der Waals surface area (Å²) in [7, 11) is 0. The summed E-state index contributed by atoms with van der Waals surface area (Å²) >= 11 is 0.228. The van der Waals surface area contributed by atoms with E-state index in [0.29, 0.717) is 16.7 Å². The summed E-state index contributed by atoms with van der Waals surface area (Å²) in [5.41, 5.74) is 1.06. The van der Waals surface area contributed by atoms with Gasteiger partial charge in [0.15, 0.2) is 6.10 Å². The lowest BCUT2D eigenvalue weighted by Crippen LogP contribution is -2.30. The number of thioether (sulfide) groups is 1. The maximum Gasteiger partial charge on any atom is 0.340 e. The van der Waals surface area contributed by atoms with E-state index < -0.39 is 23.7 Å². The zero-order valence-electron chi connectivity index (χ0n) is 14.5. The first-order valence-corrected chi connectivity index (χ1v) is 8.99. The molecule has 1 atom stereocenters. The zero-order valence-corrected chi connectivity index (χ0v) is 15.3. The monoisotopic (exact) mass is 407 g/mol. The number of H-pyrrole nitrogens is 2. The van der Waals surface area contributed by atoms with Crippen LogP contribution in [0, 0.1) is 0 Å². The van der Waals surface area contributed by atoms with Crippen LogP contribution in [0.2, 0.25) is 0 Å². The summed E-state index contributed by atoms with van der Waals surface area (Å²) in [6.07, 6.45) is -1.17. The van der Waals surface area contributed by atoms with E-state index in [4.69, 9.17) is 4.74 Å². The topological polar surface area (TPSA) is 104 Å². The number of ether oxygens (including phenoxy) is 1. The SMILES string of the molecule is C[C@H](OC(=O)c1ccccc1SC(F)F)C(=O)Nc1ccc2[nH]c(=O)[nH]c2c1. The molecule has 0 aliphatic rings. The van der Waals surface area contributed by atoms with Crippen molar-refractivity contribution < 1.29 is 23.1 Å². The van der Waals surface area contributed by atoms with Gasteiger partial charge in [0.1, 0.15) is 0 Å². The summed E-state index contributed by atoms with van der Waals surface area (Å²) in [6, 6.07) is 10.5. The molecule has 0 aliphatic carbocycles. The minimum atomic E-state index is -2.69. The number of rotatable bonds is 6. The number of benzene rings is 2. The van der Waals surface area contributed by atoms with Crippen molar-refractivity contribution in [2.75, 3.05) is 5.32 Å². The molecule has 3 N–H and O–H groups in total. The molecule has 3 rings (SSSR count). The fraction of sp³-hybridized carbons (Fsp3) is 0.167. The fourth-order valence-electron chi connectivity index (χ4n) is 2.47. The Bertz CT molecular complexity index is 1080. The van der Waals surface area contributed by atoms with E-state index in [2.05, 4.69) is 15.3 Å². The van der Waals surface area contributed by atoms with Crippen LogP contribution in [0.1, 0.15) is 17.3 Å². The molecule has 0 saturated carbocycles. The first kappa shape index (κ1) is 19.6. The average Bonchev–Trinajstić information content (AvgIpc) is 3.00. The van der Waals surface area contributed by atoms with Gasteiger partial charge in [-0.1, -0.05) is 23.9 Å². The first-order valence-electron chi connectivity index (χ1n) is 8.11. The number of fused-ring (bicyclic) bond motifs is 1. The van der Waals surface area contributed by atoms with Crippen LogP contribution in [0.25, 0.3) is 11.0 Å². The van der Waals surface area contributed by atoms with Gasteiger partial charge in [0.25, 0.3) is 11.7 Å². The number of amides is 1. The van der Waals surface area contributed by atoms with Gasteiger partial charge in [-0.2, -0.15) is 8.78 Å². The molecule has 10 heteroatoms. The number of imidazole rings is 1. The molecular weight excluding hydrogens is 392 g/mol. The Balaban J connectivity index is 1.68. The predicted molar refractivity (Wildman–Crippen MR) is 101 cm³/mol. The van der Waals surface area contributed by atoms with Gasteiger partial charge in [-0.05, 0) is 37.3 Å². The van der Waals surface area contributed by atoms with Crippen molar-refractivity contribution in [1.82, 2.24) is 9.97 Å². The largest absolute Gasteiger partial charge is 0.449 e. The minimum Gasteiger partial charge on any atom is -0.449 e. The highest BCUT2D eigenvalue weighted by atomic mass is 32.2. The third-order valence-electron chi connectivity index (χ3n) is 3.76. The Morgan fingerprint density at radius 1 is 1.11 bits per heavy atom. The number of halogens is 2. The molecule has 0 unspecified atom stereocenters. The number of anilines is 1. The molecule has 3 aromatic rings. The van der Waals surface area contributed by atoms with Gasteiger partial charge in [-0.25, -0.2) is 9.59 Å². The van der Waals surface area contributed by atoms with Crippen molar-refractivity contribution in [1.29, 1.82) is 0 Å². The molecule has 0 radical (unpaired) electrons. The van der Waals surface area contributed by atoms with Gasteiger partial charge in [0.2, 0.25) is 0 Å². The van der Waals surface area contributed by atoms with Gasteiger partial charge in [-0.15, -0.1) is 0 Å². The van der Waals surface area contributed by atoms with Crippen LogP contribution < -0.4 is 11.0 Å². The number of esters is 1. The lowest BCUT2D eigenvalue weighted by atomic mass is 10.2. The van der Waals surface area contributed by atoms with Crippen LogP contribution in [0.3, 0.4) is 0 Å². The maximum atomic E-state index is 12.6. The van der Waals surface area contributed by atoms with Crippen LogP contribution in [0.5, 0.6) is 0 Å². The lowest BCUT2D eigenvalue weighted by Gasteiger charge is -2.15. The zero-order chi connectivity index (χ0) is 20.3. The summed E-state index contributed by atoms with van der Waals surface area (Å²) in [4.78, 5) is 41.1. The molecule has 0 aliphatic heterocycles. The van der Waals surface area contributed by atoms with Crippen molar-refractivity contribution in [3.8, 4) is 0 Å². The van der Waals surface area contributed by atoms with Crippen LogP contribution in [-0.4, -0.2) is 33.7 Å². The highest BCUT2D eigenvalue weighted by Gasteiger charge is 2.22. The Hall–Kier alpha value is -3.14. The van der Waals surface area contributed by atoms with Crippen LogP contribution in [0.15, 0.2) is 52.2 Å². The third kappa shape index (κ3) is 4.58. The second-order valence-electron chi connectivity index (χ2n) is 5.75. The summed E-state index contributed by atoms with van der Waals surface area (Å²) in [6.45, 7) is 1.37. The number of aromatic nitrogens is 2. The van der Waals surface area contributed by atoms with Crippen molar-refractivity contribution in [2.45, 2.75) is 23.7 Å². The number of hydrogen-bond donors (Lipinski definition) is 3. The number of carbonyl (C=O) groups excluding carboxylic acids is 2. The quantitative estimate of drug-likeness (QED) is 0.429. The number of nitrogens with one attached hydrogen (secondary N) is 3. The van der Waals surface area contributed by atoms with E-state index in [9.17, 15) is 23.2 Å². The van der Waals surface area contributed by atoms with Crippen molar-refractivity contribution in [3.05, 3.63) is 58.5 Å². The third-order valence-corrected chi connectivity index (χ3v) is 4.55. The van der Waals surface area contributed by atoms with Crippen LogP contribution >= 0.6 is 11.8 Å². The van der Waals surface area contributed by atoms with Crippen molar-refractivity contribution in [2.24, 2.45) is 0 Å². The Morgan fingerprint density at radius 2 is 1.82 bits per heavy atom. The van der Waals surface area contributed by atoms with Gasteiger partial charge in [-0.3, -0.25) is 4.79 Å². The molecule has 0 fully saturated rings. The molecule has 7 nitrogen and oxygen atoms in total. The number of hydrogen-bond acceptors (Lipinski definition) is 5. The summed E-state index contributed by atoms with van der Waals surface area (Å²) in [5.74, 6) is -4.18. The maximum absolute atomic E-state index is 12.6. The highest BCUT2D eigenvalue weighted by molar-refractivity contribution is 7.99. The smallest absolute Gasteiger partial charge is 0.340 e. The summed E-state index contributed by atoms with van der Waals surface area (Å²) < 4.78 is 30.4. The Morgan fingerprint density at radius 3 is 2.57 bits per heavy atom. The molecule has 2 aromatic carbocycles. The van der Waals surface area contributed by atoms with Gasteiger partial charge in [0, 0.05) is 10.6 Å². The second-order valence-corrected chi connectivity index (χ2v) is 6.78. The normalized spacial score (nSPS) is 12.1. The van der Waals surface area contributed by atoms with Crippen LogP contribution in [-0.2, 0) is 9.53 Å². The molecular formula is C18H15F2N3O4S. The first-order chi connectivity index (χ1) is 13.3. The van der Waals surface area contributed by atoms with E-state index in [-0.39, 0.29) is 27.9 Å². The minimum absolute atomic E-state index is 0.0428. The number of carbonyl (C=O) groups is 2. The van der Waals surface area contributed by atoms with E-state index in [0.717, 1.165) is 0 Å². The van der Waals surface area contributed by atoms with E-state index in [1.54, 1.807) is 18.2 Å². The van der Waals surface area contributed by atoms with Crippen molar-refractivity contribution >= 4 is 40.4 Å². The van der Waals surface area contributed by atoms with Gasteiger partial charge in [0.05, 0.1) is 16.6 Å². The Labute approximate surface area is 161 Å². The number of aromatic amines is 2. The fourth-order valence-corrected chi connectivity index (χ4v) is 3.09. The number of alkyl halides is 2. The van der Waals surface area contributed by atoms with E-state index in [1.165, 1.54) is 31.2 Å². The average molecular weight is 407 g/mol. The lowest BCUT2D eigenvalue weighted by molar-refractivity contribution is -0.123. The second kappa shape index (κ2) is 8.26. The molecule has 0 saturated heterocycles. The molecule has 1 heterocycles. The molecule has 146 valence electrons. The van der Waals surface area contributed by atoms with E-state index in [1.807, 2.05) is 0 Å². The molecule has 1 amide bonds. The standard InChI is InChI=1S/C18H15F2N3O4S/c1-9(27-16(25)11-4-2-3-5-14(11)28-17(19)20)15(24)21-10-6-7-12-13(8-10)23-18(26)22-12/h2-9,17H,1H3,(H,21,24)(H2,22,23,26)/t9-/m0/s1. The van der Waals surface area contributed by atoms with E-state index >= 15 is 0 Å². The van der Waals surface area contributed by atoms with Crippen molar-refractivity contribution in [3.63, 3.8) is 0 Å². The molecule has 0 bridgehead atoms. The Kier molecular flexibility index (Phi) is 5.78.